The zero-order valence-corrected chi connectivity index (χ0v) is 11.8. The van der Waals surface area contributed by atoms with E-state index in [-0.39, 0.29) is 11.9 Å². The van der Waals surface area contributed by atoms with Crippen molar-refractivity contribution in [3.63, 3.8) is 0 Å². The second-order valence-electron chi connectivity index (χ2n) is 4.90. The molecule has 0 unspecified atom stereocenters. The molecule has 0 saturated carbocycles. The minimum absolute atomic E-state index is 0.102. The quantitative estimate of drug-likeness (QED) is 0.916. The van der Waals surface area contributed by atoms with Crippen LogP contribution in [0.1, 0.15) is 41.6 Å². The molecule has 19 heavy (non-hydrogen) atoms. The van der Waals surface area contributed by atoms with Crippen LogP contribution in [-0.2, 0) is 0 Å². The van der Waals surface area contributed by atoms with Crippen LogP contribution in [0.15, 0.2) is 30.3 Å². The van der Waals surface area contributed by atoms with E-state index < -0.39 is 0 Å². The van der Waals surface area contributed by atoms with Gasteiger partial charge in [-0.15, -0.1) is 0 Å². The number of nitrogens with one attached hydrogen (secondary N) is 1. The van der Waals surface area contributed by atoms with Gasteiger partial charge < -0.3 is 5.32 Å². The second-order valence-corrected chi connectivity index (χ2v) is 4.90. The number of carbonyl (C=O) groups excluding carboxylic acids is 1. The molecule has 0 radical (unpaired) electrons. The number of aryl methyl sites for hydroxylation is 1. The van der Waals surface area contributed by atoms with Crippen LogP contribution in [0, 0.1) is 13.8 Å². The highest BCUT2D eigenvalue weighted by atomic mass is 16.1. The molecule has 0 aliphatic rings. The Balaban J connectivity index is 2.27. The molecule has 2 rings (SSSR count). The first kappa shape index (κ1) is 13.3. The molecule has 0 saturated heterocycles. The molecule has 1 N–H and O–H groups in total. The summed E-state index contributed by atoms with van der Waals surface area (Å²) in [6, 6.07) is 9.48. The number of anilines is 1. The molecule has 0 bridgehead atoms. The molecule has 2 aromatic rings. The second kappa shape index (κ2) is 5.26. The number of amides is 1. The van der Waals surface area contributed by atoms with Crippen molar-refractivity contribution in [2.24, 2.45) is 0 Å². The summed E-state index contributed by atoms with van der Waals surface area (Å²) in [6.45, 7) is 8.03. The van der Waals surface area contributed by atoms with Gasteiger partial charge in [-0.3, -0.25) is 9.48 Å². The zero-order chi connectivity index (χ0) is 14.0. The predicted molar refractivity (Wildman–Crippen MR) is 76.5 cm³/mol. The van der Waals surface area contributed by atoms with E-state index in [1.54, 1.807) is 12.1 Å². The number of aromatic nitrogens is 2. The van der Waals surface area contributed by atoms with Gasteiger partial charge in [-0.2, -0.15) is 5.10 Å². The summed E-state index contributed by atoms with van der Waals surface area (Å²) in [7, 11) is 0. The average Bonchev–Trinajstić information content (AvgIpc) is 2.68. The van der Waals surface area contributed by atoms with Crippen LogP contribution in [0.5, 0.6) is 0 Å². The lowest BCUT2D eigenvalue weighted by Crippen LogP contribution is -2.13. The molecule has 0 aliphatic carbocycles. The smallest absolute Gasteiger partial charge is 0.255 e. The van der Waals surface area contributed by atoms with Crippen molar-refractivity contribution in [1.82, 2.24) is 9.78 Å². The van der Waals surface area contributed by atoms with E-state index in [0.29, 0.717) is 5.56 Å². The van der Waals surface area contributed by atoms with Crippen molar-refractivity contribution in [3.05, 3.63) is 47.3 Å². The number of rotatable bonds is 3. The summed E-state index contributed by atoms with van der Waals surface area (Å²) in [5.41, 5.74) is 3.29. The van der Waals surface area contributed by atoms with E-state index in [2.05, 4.69) is 24.3 Å². The van der Waals surface area contributed by atoms with Crippen molar-refractivity contribution < 1.29 is 4.79 Å². The average molecular weight is 257 g/mol. The number of benzene rings is 1. The minimum Gasteiger partial charge on any atom is -0.319 e. The van der Waals surface area contributed by atoms with Gasteiger partial charge in [0.1, 0.15) is 0 Å². The molecule has 0 atom stereocenters. The summed E-state index contributed by atoms with van der Waals surface area (Å²) < 4.78 is 1.93. The monoisotopic (exact) mass is 257 g/mol. The summed E-state index contributed by atoms with van der Waals surface area (Å²) in [5, 5.41) is 7.41. The molecule has 0 aliphatic heterocycles. The molecule has 1 aromatic carbocycles. The highest BCUT2D eigenvalue weighted by Crippen LogP contribution is 2.22. The van der Waals surface area contributed by atoms with E-state index in [0.717, 1.165) is 17.1 Å². The summed E-state index contributed by atoms with van der Waals surface area (Å²) >= 11 is 0. The molecule has 0 fully saturated rings. The minimum atomic E-state index is -0.102. The summed E-state index contributed by atoms with van der Waals surface area (Å²) in [5.74, 6) is -0.102. The Kier molecular flexibility index (Phi) is 3.69. The third kappa shape index (κ3) is 2.67. The normalized spacial score (nSPS) is 10.8. The summed E-state index contributed by atoms with van der Waals surface area (Å²) in [6.07, 6.45) is 0. The lowest BCUT2D eigenvalue weighted by molar-refractivity contribution is 0.102. The molecule has 4 nitrogen and oxygen atoms in total. The SMILES string of the molecule is Cc1nn(C(C)C)c(C)c1NC(=O)c1ccccc1. The maximum atomic E-state index is 12.1. The number of nitrogens with zero attached hydrogens (tertiary/aromatic N) is 2. The van der Waals surface area contributed by atoms with Gasteiger partial charge in [0.15, 0.2) is 0 Å². The van der Waals surface area contributed by atoms with Gasteiger partial charge in [-0.25, -0.2) is 0 Å². The van der Waals surface area contributed by atoms with Crippen molar-refractivity contribution >= 4 is 11.6 Å². The molecular weight excluding hydrogens is 238 g/mol. The predicted octanol–water partition coefficient (Wildman–Crippen LogP) is 3.33. The topological polar surface area (TPSA) is 46.9 Å². The fourth-order valence-corrected chi connectivity index (χ4v) is 2.12. The third-order valence-corrected chi connectivity index (χ3v) is 3.09. The van der Waals surface area contributed by atoms with E-state index in [1.165, 1.54) is 0 Å². The molecule has 0 spiro atoms. The van der Waals surface area contributed by atoms with Gasteiger partial charge in [0, 0.05) is 11.6 Å². The van der Waals surface area contributed by atoms with Gasteiger partial charge in [0.25, 0.3) is 5.91 Å². The van der Waals surface area contributed by atoms with Crippen molar-refractivity contribution in [3.8, 4) is 0 Å². The Bertz CT molecular complexity index is 585. The van der Waals surface area contributed by atoms with Crippen LogP contribution < -0.4 is 5.32 Å². The van der Waals surface area contributed by atoms with Gasteiger partial charge >= 0.3 is 0 Å². The first-order valence-electron chi connectivity index (χ1n) is 6.42. The van der Waals surface area contributed by atoms with Crippen molar-refractivity contribution in [2.45, 2.75) is 33.7 Å². The molecule has 4 heteroatoms. The Hall–Kier alpha value is -2.10. The van der Waals surface area contributed by atoms with E-state index >= 15 is 0 Å². The van der Waals surface area contributed by atoms with Crippen LogP contribution in [0.2, 0.25) is 0 Å². The van der Waals surface area contributed by atoms with E-state index in [1.807, 2.05) is 36.7 Å². The third-order valence-electron chi connectivity index (χ3n) is 3.09. The lowest BCUT2D eigenvalue weighted by atomic mass is 10.2. The highest BCUT2D eigenvalue weighted by molar-refractivity contribution is 6.04. The van der Waals surface area contributed by atoms with Gasteiger partial charge in [0.2, 0.25) is 0 Å². The number of hydrogen-bond acceptors (Lipinski definition) is 2. The Morgan fingerprint density at radius 3 is 2.37 bits per heavy atom. The maximum absolute atomic E-state index is 12.1. The van der Waals surface area contributed by atoms with Crippen LogP contribution in [0.3, 0.4) is 0 Å². The van der Waals surface area contributed by atoms with Crippen molar-refractivity contribution in [1.29, 1.82) is 0 Å². The molecule has 1 amide bonds. The van der Waals surface area contributed by atoms with Crippen LogP contribution in [0.4, 0.5) is 5.69 Å². The first-order valence-corrected chi connectivity index (χ1v) is 6.42. The Morgan fingerprint density at radius 2 is 1.84 bits per heavy atom. The van der Waals surface area contributed by atoms with Crippen LogP contribution in [0.25, 0.3) is 0 Å². The van der Waals surface area contributed by atoms with Crippen LogP contribution >= 0.6 is 0 Å². The van der Waals surface area contributed by atoms with E-state index in [4.69, 9.17) is 0 Å². The molecular formula is C15H19N3O. The standard InChI is InChI=1S/C15H19N3O/c1-10(2)18-12(4)14(11(3)17-18)16-15(19)13-8-6-5-7-9-13/h5-10H,1-4H3,(H,16,19). The van der Waals surface area contributed by atoms with Gasteiger partial charge in [-0.05, 0) is 39.8 Å². The number of carbonyl (C=O) groups is 1. The Labute approximate surface area is 113 Å². The molecule has 100 valence electrons. The lowest BCUT2D eigenvalue weighted by Gasteiger charge is -2.09. The Morgan fingerprint density at radius 1 is 1.21 bits per heavy atom. The fraction of sp³-hybridized carbons (Fsp3) is 0.333. The zero-order valence-electron chi connectivity index (χ0n) is 11.8. The van der Waals surface area contributed by atoms with Crippen molar-refractivity contribution in [2.75, 3.05) is 5.32 Å². The van der Waals surface area contributed by atoms with Crippen LogP contribution in [-0.4, -0.2) is 15.7 Å². The van der Waals surface area contributed by atoms with Gasteiger partial charge in [0.05, 0.1) is 17.1 Å². The number of hydrogen-bond donors (Lipinski definition) is 1. The fourth-order valence-electron chi connectivity index (χ4n) is 2.12. The largest absolute Gasteiger partial charge is 0.319 e. The van der Waals surface area contributed by atoms with E-state index in [9.17, 15) is 4.79 Å². The first-order chi connectivity index (χ1) is 9.00. The van der Waals surface area contributed by atoms with Gasteiger partial charge in [-0.1, -0.05) is 18.2 Å². The highest BCUT2D eigenvalue weighted by Gasteiger charge is 2.16. The maximum Gasteiger partial charge on any atom is 0.255 e. The molecule has 1 heterocycles. The summed E-state index contributed by atoms with van der Waals surface area (Å²) in [4.78, 5) is 12.1. The molecule has 1 aromatic heterocycles.